The van der Waals surface area contributed by atoms with Crippen molar-refractivity contribution in [3.63, 3.8) is 0 Å². The van der Waals surface area contributed by atoms with Crippen LogP contribution in [0.15, 0.2) is 34.5 Å². The predicted molar refractivity (Wildman–Crippen MR) is 66.8 cm³/mol. The number of amides is 1. The summed E-state index contributed by atoms with van der Waals surface area (Å²) in [7, 11) is 0. The monoisotopic (exact) mass is 244 g/mol. The molecular weight excluding hydrogens is 236 g/mol. The van der Waals surface area contributed by atoms with Gasteiger partial charge in [0.05, 0.1) is 23.6 Å². The molecule has 1 aliphatic rings. The van der Waals surface area contributed by atoms with Gasteiger partial charge in [-0.3, -0.25) is 4.79 Å². The van der Waals surface area contributed by atoms with Crippen LogP contribution in [0.3, 0.4) is 0 Å². The summed E-state index contributed by atoms with van der Waals surface area (Å²) in [5.41, 5.74) is 1.45. The van der Waals surface area contributed by atoms with Gasteiger partial charge in [-0.25, -0.2) is 0 Å². The number of rotatable bonds is 2. The average Bonchev–Trinajstić information content (AvgIpc) is 2.76. The molecule has 0 bridgehead atoms. The van der Waals surface area contributed by atoms with Gasteiger partial charge in [-0.05, 0) is 17.7 Å². The second-order valence-electron chi connectivity index (χ2n) is 3.22. The van der Waals surface area contributed by atoms with E-state index in [9.17, 15) is 4.79 Å². The first-order chi connectivity index (χ1) is 8.28. The van der Waals surface area contributed by atoms with Crippen LogP contribution in [0.5, 0.6) is 0 Å². The van der Waals surface area contributed by atoms with Gasteiger partial charge in [0.2, 0.25) is 5.91 Å². The summed E-state index contributed by atoms with van der Waals surface area (Å²) in [6.07, 6.45) is 1.57. The Bertz CT molecular complexity index is 527. The third-order valence-corrected chi connectivity index (χ3v) is 2.85. The van der Waals surface area contributed by atoms with E-state index < -0.39 is 0 Å². The summed E-state index contributed by atoms with van der Waals surface area (Å²) in [6, 6.07) is 9.02. The van der Waals surface area contributed by atoms with Crippen molar-refractivity contribution >= 4 is 29.1 Å². The minimum absolute atomic E-state index is 0.0534. The van der Waals surface area contributed by atoms with E-state index in [0.717, 1.165) is 5.56 Å². The molecule has 1 heterocycles. The lowest BCUT2D eigenvalue weighted by Gasteiger charge is -1.92. The lowest BCUT2D eigenvalue weighted by molar-refractivity contribution is -0.116. The van der Waals surface area contributed by atoms with Crippen molar-refractivity contribution in [2.75, 3.05) is 5.75 Å². The first kappa shape index (κ1) is 11.4. The topological polar surface area (TPSA) is 77.6 Å². The van der Waals surface area contributed by atoms with Crippen LogP contribution in [-0.4, -0.2) is 23.0 Å². The third kappa shape index (κ3) is 3.16. The predicted octanol–water partition coefficient (Wildman–Crippen LogP) is 1.11. The molecule has 1 fully saturated rings. The maximum absolute atomic E-state index is 10.9. The Morgan fingerprint density at radius 1 is 1.41 bits per heavy atom. The van der Waals surface area contributed by atoms with Gasteiger partial charge in [-0.1, -0.05) is 23.9 Å². The molecule has 1 aliphatic heterocycles. The van der Waals surface area contributed by atoms with Crippen molar-refractivity contribution < 1.29 is 4.79 Å². The molecule has 2 rings (SSSR count). The smallest absolute Gasteiger partial charge is 0.236 e. The Hall–Kier alpha value is -2.13. The molecule has 0 saturated carbocycles. The number of carbonyl (C=O) groups is 1. The molecule has 0 unspecified atom stereocenters. The Morgan fingerprint density at radius 2 is 2.18 bits per heavy atom. The van der Waals surface area contributed by atoms with E-state index in [4.69, 9.17) is 5.26 Å². The van der Waals surface area contributed by atoms with Gasteiger partial charge in [0.1, 0.15) is 0 Å². The standard InChI is InChI=1S/C11H8N4OS/c12-5-8-1-3-9(4-2-8)6-13-15-11-14-10(16)7-17-11/h1-4,6H,7H2,(H,14,15,16). The number of hydrogen-bond donors (Lipinski definition) is 1. The van der Waals surface area contributed by atoms with Crippen LogP contribution < -0.4 is 5.32 Å². The van der Waals surface area contributed by atoms with Crippen LogP contribution in [0.2, 0.25) is 0 Å². The van der Waals surface area contributed by atoms with Crippen LogP contribution >= 0.6 is 11.8 Å². The summed E-state index contributed by atoms with van der Waals surface area (Å²) in [5.74, 6) is 0.341. The fourth-order valence-corrected chi connectivity index (χ4v) is 1.80. The molecule has 1 amide bonds. The van der Waals surface area contributed by atoms with E-state index in [1.165, 1.54) is 11.8 Å². The van der Waals surface area contributed by atoms with Crippen LogP contribution in [-0.2, 0) is 4.79 Å². The van der Waals surface area contributed by atoms with Gasteiger partial charge in [0, 0.05) is 0 Å². The number of nitrogens with zero attached hydrogens (tertiary/aromatic N) is 3. The molecule has 0 aromatic heterocycles. The Morgan fingerprint density at radius 3 is 2.76 bits per heavy atom. The van der Waals surface area contributed by atoms with Crippen molar-refractivity contribution in [2.24, 2.45) is 10.2 Å². The van der Waals surface area contributed by atoms with Crippen molar-refractivity contribution in [3.8, 4) is 6.07 Å². The number of nitriles is 1. The normalized spacial score (nSPS) is 17.4. The average molecular weight is 244 g/mol. The summed E-state index contributed by atoms with van der Waals surface area (Å²) in [4.78, 5) is 10.9. The Labute approximate surface area is 102 Å². The number of carbonyl (C=O) groups excluding carboxylic acids is 1. The summed E-state index contributed by atoms with van der Waals surface area (Å²) < 4.78 is 0. The lowest BCUT2D eigenvalue weighted by atomic mass is 10.2. The zero-order chi connectivity index (χ0) is 12.1. The van der Waals surface area contributed by atoms with Crippen LogP contribution in [0.1, 0.15) is 11.1 Å². The van der Waals surface area contributed by atoms with Gasteiger partial charge >= 0.3 is 0 Å². The van der Waals surface area contributed by atoms with E-state index in [0.29, 0.717) is 16.5 Å². The van der Waals surface area contributed by atoms with Gasteiger partial charge in [0.25, 0.3) is 0 Å². The van der Waals surface area contributed by atoms with Crippen LogP contribution in [0, 0.1) is 11.3 Å². The molecule has 6 heteroatoms. The van der Waals surface area contributed by atoms with Crippen molar-refractivity contribution in [3.05, 3.63) is 35.4 Å². The number of thioether (sulfide) groups is 1. The Kier molecular flexibility index (Phi) is 3.52. The maximum atomic E-state index is 10.9. The largest absolute Gasteiger partial charge is 0.303 e. The second kappa shape index (κ2) is 5.27. The number of nitrogens with one attached hydrogen (secondary N) is 1. The minimum Gasteiger partial charge on any atom is -0.303 e. The molecule has 17 heavy (non-hydrogen) atoms. The number of hydrogen-bond acceptors (Lipinski definition) is 5. The highest BCUT2D eigenvalue weighted by Crippen LogP contribution is 2.08. The molecule has 84 valence electrons. The second-order valence-corrected chi connectivity index (χ2v) is 4.18. The molecule has 5 nitrogen and oxygen atoms in total. The minimum atomic E-state index is -0.0534. The maximum Gasteiger partial charge on any atom is 0.236 e. The summed E-state index contributed by atoms with van der Waals surface area (Å²) in [5, 5.41) is 19.4. The van der Waals surface area contributed by atoms with Crippen LogP contribution in [0.4, 0.5) is 0 Å². The molecule has 1 aromatic carbocycles. The van der Waals surface area contributed by atoms with E-state index in [1.807, 2.05) is 6.07 Å². The van der Waals surface area contributed by atoms with E-state index in [2.05, 4.69) is 15.5 Å². The van der Waals surface area contributed by atoms with E-state index >= 15 is 0 Å². The van der Waals surface area contributed by atoms with Crippen molar-refractivity contribution in [2.45, 2.75) is 0 Å². The van der Waals surface area contributed by atoms with E-state index in [1.54, 1.807) is 30.5 Å². The highest BCUT2D eigenvalue weighted by Gasteiger charge is 2.15. The molecule has 0 radical (unpaired) electrons. The molecule has 0 spiro atoms. The summed E-state index contributed by atoms with van der Waals surface area (Å²) >= 11 is 1.32. The molecule has 1 N–H and O–H groups in total. The fourth-order valence-electron chi connectivity index (χ4n) is 1.17. The van der Waals surface area contributed by atoms with Gasteiger partial charge < -0.3 is 5.32 Å². The van der Waals surface area contributed by atoms with Gasteiger partial charge in [-0.15, -0.1) is 5.10 Å². The zero-order valence-electron chi connectivity index (χ0n) is 8.75. The number of amidine groups is 1. The molecule has 1 saturated heterocycles. The molecule has 0 atom stereocenters. The zero-order valence-corrected chi connectivity index (χ0v) is 9.57. The lowest BCUT2D eigenvalue weighted by Crippen LogP contribution is -2.19. The summed E-state index contributed by atoms with van der Waals surface area (Å²) in [6.45, 7) is 0. The SMILES string of the molecule is N#Cc1ccc(C=N/N=C2/NC(=O)CS2)cc1. The van der Waals surface area contributed by atoms with E-state index in [-0.39, 0.29) is 5.91 Å². The molecule has 0 aliphatic carbocycles. The highest BCUT2D eigenvalue weighted by atomic mass is 32.2. The van der Waals surface area contributed by atoms with Gasteiger partial charge in [-0.2, -0.15) is 10.4 Å². The number of benzene rings is 1. The van der Waals surface area contributed by atoms with Gasteiger partial charge in [0.15, 0.2) is 5.17 Å². The fraction of sp³-hybridized carbons (Fsp3) is 0.0909. The molecular formula is C11H8N4OS. The van der Waals surface area contributed by atoms with Crippen molar-refractivity contribution in [1.29, 1.82) is 5.26 Å². The van der Waals surface area contributed by atoms with Crippen molar-refractivity contribution in [1.82, 2.24) is 5.32 Å². The first-order valence-corrected chi connectivity index (χ1v) is 5.80. The third-order valence-electron chi connectivity index (χ3n) is 1.98. The Balaban J connectivity index is 2.01. The molecule has 1 aromatic rings. The highest BCUT2D eigenvalue weighted by molar-refractivity contribution is 8.15. The van der Waals surface area contributed by atoms with Crippen LogP contribution in [0.25, 0.3) is 0 Å². The first-order valence-electron chi connectivity index (χ1n) is 4.82. The quantitative estimate of drug-likeness (QED) is 0.625.